The number of methoxy groups -OCH3 is 1. The zero-order valence-electron chi connectivity index (χ0n) is 25.8. The van der Waals surface area contributed by atoms with Crippen molar-refractivity contribution in [3.05, 3.63) is 119 Å². The molecule has 1 aliphatic heterocycles. The van der Waals surface area contributed by atoms with Gasteiger partial charge in [-0.05, 0) is 73.2 Å². The second-order valence-corrected chi connectivity index (χ2v) is 12.5. The molecule has 6 nitrogen and oxygen atoms in total. The van der Waals surface area contributed by atoms with Crippen LogP contribution in [0.3, 0.4) is 0 Å². The summed E-state index contributed by atoms with van der Waals surface area (Å²) < 4.78 is 11.0. The van der Waals surface area contributed by atoms with E-state index in [9.17, 15) is 9.59 Å². The van der Waals surface area contributed by atoms with Crippen LogP contribution in [0.1, 0.15) is 66.7 Å². The summed E-state index contributed by atoms with van der Waals surface area (Å²) in [5.74, 6) is -0.128. The number of rotatable bonds is 8. The van der Waals surface area contributed by atoms with E-state index >= 15 is 0 Å². The molecule has 0 spiro atoms. The summed E-state index contributed by atoms with van der Waals surface area (Å²) in [5.41, 5.74) is 3.32. The Morgan fingerprint density at radius 1 is 0.907 bits per heavy atom. The van der Waals surface area contributed by atoms with E-state index in [0.29, 0.717) is 12.1 Å². The lowest BCUT2D eigenvalue weighted by atomic mass is 9.87. The maximum absolute atomic E-state index is 13.9. The summed E-state index contributed by atoms with van der Waals surface area (Å²) in [7, 11) is 1.41. The first-order chi connectivity index (χ1) is 20.6. The monoisotopic (exact) mass is 578 g/mol. The van der Waals surface area contributed by atoms with Gasteiger partial charge in [0.25, 0.3) is 0 Å². The van der Waals surface area contributed by atoms with Gasteiger partial charge in [-0.25, -0.2) is 9.59 Å². The molecule has 4 aromatic rings. The van der Waals surface area contributed by atoms with Gasteiger partial charge in [0.05, 0.1) is 18.7 Å². The molecule has 1 amide bonds. The summed E-state index contributed by atoms with van der Waals surface area (Å²) in [6.07, 6.45) is -0.323. The maximum atomic E-state index is 13.9. The van der Waals surface area contributed by atoms with Crippen molar-refractivity contribution >= 4 is 22.8 Å². The molecule has 224 valence electrons. The summed E-state index contributed by atoms with van der Waals surface area (Å²) in [6, 6.07) is 32.6. The van der Waals surface area contributed by atoms with Gasteiger partial charge in [0.1, 0.15) is 5.60 Å². The van der Waals surface area contributed by atoms with Gasteiger partial charge in [0.2, 0.25) is 0 Å². The Morgan fingerprint density at radius 3 is 2.35 bits per heavy atom. The molecule has 3 atom stereocenters. The minimum absolute atomic E-state index is 0.109. The fourth-order valence-electron chi connectivity index (χ4n) is 6.25. The molecular formula is C37H42N2O4. The number of likely N-dealkylation sites (tertiary alicyclic amines) is 1. The quantitative estimate of drug-likeness (QED) is 0.199. The van der Waals surface area contributed by atoms with Crippen LogP contribution in [0.15, 0.2) is 97.1 Å². The third-order valence-electron chi connectivity index (χ3n) is 8.30. The summed E-state index contributed by atoms with van der Waals surface area (Å²) >= 11 is 0. The molecule has 1 saturated heterocycles. The topological polar surface area (TPSA) is 59.1 Å². The molecule has 6 heteroatoms. The first-order valence-corrected chi connectivity index (χ1v) is 15.0. The Labute approximate surface area is 255 Å². The summed E-state index contributed by atoms with van der Waals surface area (Å²) in [5, 5.41) is 2.27. The van der Waals surface area contributed by atoms with Crippen molar-refractivity contribution in [1.29, 1.82) is 0 Å². The lowest BCUT2D eigenvalue weighted by Crippen LogP contribution is -2.42. The number of nitrogens with zero attached hydrogens (tertiary/aromatic N) is 2. The van der Waals surface area contributed by atoms with Gasteiger partial charge >= 0.3 is 12.1 Å². The van der Waals surface area contributed by atoms with Crippen LogP contribution in [0, 0.1) is 5.92 Å². The number of hydrogen-bond donors (Lipinski definition) is 0. The maximum Gasteiger partial charge on any atom is 0.410 e. The molecule has 5 rings (SSSR count). The van der Waals surface area contributed by atoms with E-state index in [0.717, 1.165) is 41.5 Å². The Bertz CT molecular complexity index is 1560. The largest absolute Gasteiger partial charge is 0.465 e. The van der Waals surface area contributed by atoms with Crippen LogP contribution in [-0.4, -0.2) is 54.2 Å². The van der Waals surface area contributed by atoms with E-state index < -0.39 is 5.60 Å². The van der Waals surface area contributed by atoms with Gasteiger partial charge in [-0.3, -0.25) is 4.90 Å². The molecule has 43 heavy (non-hydrogen) atoms. The molecule has 0 radical (unpaired) electrons. The predicted octanol–water partition coefficient (Wildman–Crippen LogP) is 7.84. The fraction of sp³-hybridized carbons (Fsp3) is 0.351. The van der Waals surface area contributed by atoms with Crippen molar-refractivity contribution in [2.24, 2.45) is 5.92 Å². The Morgan fingerprint density at radius 2 is 1.60 bits per heavy atom. The zero-order chi connectivity index (χ0) is 30.6. The van der Waals surface area contributed by atoms with Crippen molar-refractivity contribution in [2.45, 2.75) is 51.8 Å². The summed E-state index contributed by atoms with van der Waals surface area (Å²) in [6.45, 7) is 10.8. The lowest BCUT2D eigenvalue weighted by Gasteiger charge is -2.35. The highest BCUT2D eigenvalue weighted by molar-refractivity contribution is 5.89. The number of ether oxygens (including phenoxy) is 2. The molecule has 0 aromatic heterocycles. The molecule has 0 saturated carbocycles. The predicted molar refractivity (Wildman–Crippen MR) is 171 cm³/mol. The van der Waals surface area contributed by atoms with E-state index in [1.807, 2.05) is 56.0 Å². The number of hydrogen-bond acceptors (Lipinski definition) is 5. The highest BCUT2D eigenvalue weighted by atomic mass is 16.6. The molecule has 1 fully saturated rings. The van der Waals surface area contributed by atoms with Gasteiger partial charge in [0, 0.05) is 32.1 Å². The highest BCUT2D eigenvalue weighted by Crippen LogP contribution is 2.37. The Kier molecular flexibility index (Phi) is 9.16. The normalized spacial score (nSPS) is 17.9. The standard InChI is InChI=1S/C37H42N2O4/c1-26(32-20-12-16-28-15-9-10-19-33(28)32)39(36(41)43-37(2,3)4)24-31-23-38(22-27-13-7-6-8-14-27)25-34(31)29-17-11-18-30(21-29)35(40)42-5/h6-21,26,31,34H,22-25H2,1-5H3/t26-,31-,34-/m1/s1. The minimum atomic E-state index is -0.628. The fourth-order valence-corrected chi connectivity index (χ4v) is 6.25. The number of carbonyl (C=O) groups is 2. The SMILES string of the molecule is COC(=O)c1cccc([C@H]2CN(Cc3ccccc3)C[C@@H]2CN(C(=O)OC(C)(C)C)[C@H](C)c2cccc3ccccc23)c1. The number of carbonyl (C=O) groups excluding carboxylic acids is 2. The second-order valence-electron chi connectivity index (χ2n) is 12.5. The van der Waals surface area contributed by atoms with Crippen LogP contribution >= 0.6 is 0 Å². The molecule has 0 N–H and O–H groups in total. The first kappa shape index (κ1) is 30.3. The molecule has 1 aliphatic rings. The number of benzene rings is 4. The molecule has 0 aliphatic carbocycles. The molecule has 0 bridgehead atoms. The molecule has 4 aromatic carbocycles. The second kappa shape index (κ2) is 13.0. The van der Waals surface area contributed by atoms with Gasteiger partial charge in [0.15, 0.2) is 0 Å². The molecule has 0 unspecified atom stereocenters. The smallest absolute Gasteiger partial charge is 0.410 e. The average Bonchev–Trinajstić information content (AvgIpc) is 3.40. The van der Waals surface area contributed by atoms with Gasteiger partial charge < -0.3 is 14.4 Å². The van der Waals surface area contributed by atoms with Crippen molar-refractivity contribution in [3.63, 3.8) is 0 Å². The first-order valence-electron chi connectivity index (χ1n) is 15.0. The van der Waals surface area contributed by atoms with Gasteiger partial charge in [-0.15, -0.1) is 0 Å². The summed E-state index contributed by atoms with van der Waals surface area (Å²) in [4.78, 5) is 30.7. The van der Waals surface area contributed by atoms with Crippen molar-refractivity contribution in [2.75, 3.05) is 26.7 Å². The molecule has 1 heterocycles. The van der Waals surface area contributed by atoms with E-state index in [1.165, 1.54) is 12.7 Å². The zero-order valence-corrected chi connectivity index (χ0v) is 25.8. The molecular weight excluding hydrogens is 536 g/mol. The van der Waals surface area contributed by atoms with Crippen LogP contribution in [-0.2, 0) is 16.0 Å². The van der Waals surface area contributed by atoms with Crippen LogP contribution in [0.4, 0.5) is 4.79 Å². The van der Waals surface area contributed by atoms with Crippen LogP contribution < -0.4 is 0 Å². The van der Waals surface area contributed by atoms with E-state index in [2.05, 4.69) is 72.5 Å². The lowest BCUT2D eigenvalue weighted by molar-refractivity contribution is 0.0136. The number of esters is 1. The highest BCUT2D eigenvalue weighted by Gasteiger charge is 2.38. The third kappa shape index (κ3) is 7.26. The Hall–Kier alpha value is -4.16. The van der Waals surface area contributed by atoms with E-state index in [-0.39, 0.29) is 29.9 Å². The number of amides is 1. The van der Waals surface area contributed by atoms with E-state index in [4.69, 9.17) is 9.47 Å². The minimum Gasteiger partial charge on any atom is -0.465 e. The van der Waals surface area contributed by atoms with Crippen molar-refractivity contribution in [1.82, 2.24) is 9.80 Å². The van der Waals surface area contributed by atoms with Gasteiger partial charge in [-0.2, -0.15) is 0 Å². The number of fused-ring (bicyclic) bond motifs is 1. The van der Waals surface area contributed by atoms with E-state index in [1.54, 1.807) is 6.07 Å². The van der Waals surface area contributed by atoms with Crippen LogP contribution in [0.5, 0.6) is 0 Å². The average molecular weight is 579 g/mol. The van der Waals surface area contributed by atoms with Crippen molar-refractivity contribution in [3.8, 4) is 0 Å². The van der Waals surface area contributed by atoms with Crippen LogP contribution in [0.2, 0.25) is 0 Å². The Balaban J connectivity index is 1.51. The van der Waals surface area contributed by atoms with Crippen molar-refractivity contribution < 1.29 is 19.1 Å². The third-order valence-corrected chi connectivity index (χ3v) is 8.30. The van der Waals surface area contributed by atoms with Gasteiger partial charge in [-0.1, -0.05) is 84.9 Å². The van der Waals surface area contributed by atoms with Crippen LogP contribution in [0.25, 0.3) is 10.8 Å².